The van der Waals surface area contributed by atoms with Crippen LogP contribution in [-0.2, 0) is 6.54 Å². The largest absolute Gasteiger partial charge is 0.334 e. The van der Waals surface area contributed by atoms with Gasteiger partial charge in [0.1, 0.15) is 12.0 Å². The third kappa shape index (κ3) is 3.08. The summed E-state index contributed by atoms with van der Waals surface area (Å²) < 4.78 is 2.21. The number of hydrogen-bond acceptors (Lipinski definition) is 1. The number of aryl methyl sites for hydroxylation is 2. The molecule has 0 aliphatic heterocycles. The van der Waals surface area contributed by atoms with E-state index in [1.807, 2.05) is 6.20 Å². The standard InChI is InChI=1S/C13H21N2/c1-12-14-9-11-15(12)10-5-8-13-6-3-2-4-7-13/h11,13H,2-8,10H2,1H3. The molecule has 15 heavy (non-hydrogen) atoms. The van der Waals surface area contributed by atoms with Crippen molar-refractivity contribution in [2.24, 2.45) is 5.92 Å². The molecule has 1 aliphatic carbocycles. The molecule has 1 saturated carbocycles. The average molecular weight is 205 g/mol. The molecule has 2 heteroatoms. The van der Waals surface area contributed by atoms with Crippen molar-refractivity contribution in [3.05, 3.63) is 18.2 Å². The van der Waals surface area contributed by atoms with Gasteiger partial charge in [-0.2, -0.15) is 0 Å². The highest BCUT2D eigenvalue weighted by Gasteiger charge is 2.12. The van der Waals surface area contributed by atoms with E-state index in [9.17, 15) is 0 Å². The highest BCUT2D eigenvalue weighted by atomic mass is 15.0. The molecule has 0 unspecified atom stereocenters. The Bertz CT molecular complexity index is 284. The van der Waals surface area contributed by atoms with E-state index in [-0.39, 0.29) is 0 Å². The molecule has 1 fully saturated rings. The first-order valence-electron chi connectivity index (χ1n) is 6.26. The van der Waals surface area contributed by atoms with E-state index in [2.05, 4.69) is 22.7 Å². The second-order valence-electron chi connectivity index (χ2n) is 4.76. The van der Waals surface area contributed by atoms with Gasteiger partial charge < -0.3 is 4.57 Å². The molecule has 1 radical (unpaired) electrons. The number of imidazole rings is 1. The zero-order chi connectivity index (χ0) is 10.5. The van der Waals surface area contributed by atoms with Crippen LogP contribution in [0.1, 0.15) is 50.8 Å². The number of rotatable bonds is 4. The van der Waals surface area contributed by atoms with Gasteiger partial charge in [-0.25, -0.2) is 4.98 Å². The van der Waals surface area contributed by atoms with Gasteiger partial charge in [0.2, 0.25) is 0 Å². The van der Waals surface area contributed by atoms with Gasteiger partial charge in [-0.1, -0.05) is 32.1 Å². The van der Waals surface area contributed by atoms with E-state index in [0.717, 1.165) is 18.3 Å². The van der Waals surface area contributed by atoms with Crippen LogP contribution in [0, 0.1) is 19.0 Å². The predicted octanol–water partition coefficient (Wildman–Crippen LogP) is 3.35. The fourth-order valence-electron chi connectivity index (χ4n) is 2.60. The van der Waals surface area contributed by atoms with Gasteiger partial charge in [0.15, 0.2) is 0 Å². The average Bonchev–Trinajstić information content (AvgIpc) is 2.66. The van der Waals surface area contributed by atoms with Crippen LogP contribution in [0.15, 0.2) is 6.20 Å². The van der Waals surface area contributed by atoms with Crippen molar-refractivity contribution in [1.29, 1.82) is 0 Å². The summed E-state index contributed by atoms with van der Waals surface area (Å²) in [6, 6.07) is 0. The Kier molecular flexibility index (Phi) is 3.81. The lowest BCUT2D eigenvalue weighted by atomic mass is 9.86. The summed E-state index contributed by atoms with van der Waals surface area (Å²) in [7, 11) is 0. The lowest BCUT2D eigenvalue weighted by Gasteiger charge is -2.21. The maximum Gasteiger partial charge on any atom is 0.109 e. The number of hydrogen-bond donors (Lipinski definition) is 0. The molecule has 0 bridgehead atoms. The van der Waals surface area contributed by atoms with E-state index < -0.39 is 0 Å². The normalized spacial score (nSPS) is 18.2. The molecule has 0 spiro atoms. The molecule has 2 nitrogen and oxygen atoms in total. The van der Waals surface area contributed by atoms with Gasteiger partial charge in [0.25, 0.3) is 0 Å². The van der Waals surface area contributed by atoms with Crippen LogP contribution in [0.4, 0.5) is 0 Å². The van der Waals surface area contributed by atoms with Crippen LogP contribution in [0.3, 0.4) is 0 Å². The van der Waals surface area contributed by atoms with E-state index in [1.54, 1.807) is 0 Å². The van der Waals surface area contributed by atoms with Crippen LogP contribution in [0.25, 0.3) is 0 Å². The van der Waals surface area contributed by atoms with Crippen LogP contribution in [-0.4, -0.2) is 9.55 Å². The Balaban J connectivity index is 1.68. The van der Waals surface area contributed by atoms with Crippen LogP contribution < -0.4 is 0 Å². The molecule has 83 valence electrons. The van der Waals surface area contributed by atoms with Crippen molar-refractivity contribution in [3.8, 4) is 0 Å². The molecular weight excluding hydrogens is 184 g/mol. The minimum absolute atomic E-state index is 1.01. The SMILES string of the molecule is Cc1n[c]cn1CCCC1CCCCC1. The van der Waals surface area contributed by atoms with Gasteiger partial charge in [0, 0.05) is 12.7 Å². The lowest BCUT2D eigenvalue weighted by Crippen LogP contribution is -2.08. The van der Waals surface area contributed by atoms with Crippen molar-refractivity contribution >= 4 is 0 Å². The van der Waals surface area contributed by atoms with Crippen LogP contribution >= 0.6 is 0 Å². The van der Waals surface area contributed by atoms with Gasteiger partial charge in [-0.15, -0.1) is 0 Å². The second kappa shape index (κ2) is 5.34. The first-order chi connectivity index (χ1) is 7.36. The predicted molar refractivity (Wildman–Crippen MR) is 61.6 cm³/mol. The minimum atomic E-state index is 1.01. The number of aromatic nitrogens is 2. The quantitative estimate of drug-likeness (QED) is 0.737. The summed E-state index contributed by atoms with van der Waals surface area (Å²) in [6.45, 7) is 3.18. The van der Waals surface area contributed by atoms with Gasteiger partial charge >= 0.3 is 0 Å². The molecule has 1 aromatic rings. The van der Waals surface area contributed by atoms with Gasteiger partial charge in [-0.3, -0.25) is 0 Å². The van der Waals surface area contributed by atoms with E-state index in [1.165, 1.54) is 44.9 Å². The first kappa shape index (κ1) is 10.7. The fraction of sp³-hybridized carbons (Fsp3) is 0.769. The summed E-state index contributed by atoms with van der Waals surface area (Å²) in [4.78, 5) is 4.12. The van der Waals surface area contributed by atoms with Gasteiger partial charge in [-0.05, 0) is 25.7 Å². The van der Waals surface area contributed by atoms with E-state index in [0.29, 0.717) is 0 Å². The van der Waals surface area contributed by atoms with E-state index >= 15 is 0 Å². The Hall–Kier alpha value is -0.790. The molecule has 0 saturated heterocycles. The summed E-state index contributed by atoms with van der Waals surface area (Å²) in [5, 5.41) is 0. The summed E-state index contributed by atoms with van der Waals surface area (Å²) in [6.07, 6.45) is 14.9. The highest BCUT2D eigenvalue weighted by molar-refractivity contribution is 4.86. The molecule has 1 aromatic heterocycles. The lowest BCUT2D eigenvalue weighted by molar-refractivity contribution is 0.326. The monoisotopic (exact) mass is 205 g/mol. The Morgan fingerprint density at radius 2 is 2.20 bits per heavy atom. The summed E-state index contributed by atoms with van der Waals surface area (Å²) in [5.74, 6) is 2.10. The van der Waals surface area contributed by atoms with Crippen molar-refractivity contribution in [2.75, 3.05) is 0 Å². The van der Waals surface area contributed by atoms with Crippen LogP contribution in [0.5, 0.6) is 0 Å². The minimum Gasteiger partial charge on any atom is -0.334 e. The first-order valence-corrected chi connectivity index (χ1v) is 6.26. The van der Waals surface area contributed by atoms with Crippen molar-refractivity contribution < 1.29 is 0 Å². The van der Waals surface area contributed by atoms with Crippen LogP contribution in [0.2, 0.25) is 0 Å². The van der Waals surface area contributed by atoms with Crippen molar-refractivity contribution in [2.45, 2.75) is 58.4 Å². The molecule has 0 atom stereocenters. The third-order valence-corrected chi connectivity index (χ3v) is 3.59. The molecule has 2 rings (SSSR count). The van der Waals surface area contributed by atoms with E-state index in [4.69, 9.17) is 0 Å². The van der Waals surface area contributed by atoms with Crippen molar-refractivity contribution in [1.82, 2.24) is 9.55 Å². The topological polar surface area (TPSA) is 17.8 Å². The molecule has 0 N–H and O–H groups in total. The molecule has 0 amide bonds. The maximum absolute atomic E-state index is 4.12. The molecular formula is C13H21N2. The smallest absolute Gasteiger partial charge is 0.109 e. The zero-order valence-corrected chi connectivity index (χ0v) is 9.71. The number of nitrogens with zero attached hydrogens (tertiary/aromatic N) is 2. The maximum atomic E-state index is 4.12. The summed E-state index contributed by atoms with van der Waals surface area (Å²) in [5.41, 5.74) is 0. The van der Waals surface area contributed by atoms with Gasteiger partial charge in [0.05, 0.1) is 0 Å². The molecule has 1 heterocycles. The Morgan fingerprint density at radius 3 is 2.87 bits per heavy atom. The third-order valence-electron chi connectivity index (χ3n) is 3.59. The highest BCUT2D eigenvalue weighted by Crippen LogP contribution is 2.27. The summed E-state index contributed by atoms with van der Waals surface area (Å²) >= 11 is 0. The second-order valence-corrected chi connectivity index (χ2v) is 4.76. The van der Waals surface area contributed by atoms with Crippen molar-refractivity contribution in [3.63, 3.8) is 0 Å². The zero-order valence-electron chi connectivity index (χ0n) is 9.71. The Morgan fingerprint density at radius 1 is 1.40 bits per heavy atom. The molecule has 1 aliphatic rings. The Labute approximate surface area is 92.7 Å². The fourth-order valence-corrected chi connectivity index (χ4v) is 2.60. The molecule has 0 aromatic carbocycles.